The average molecular weight is 163 g/mol. The second kappa shape index (κ2) is 4.24. The van der Waals surface area contributed by atoms with Crippen LogP contribution < -0.4 is 0 Å². The van der Waals surface area contributed by atoms with E-state index < -0.39 is 0 Å². The molecule has 0 spiro atoms. The molecule has 0 aromatic carbocycles. The average Bonchev–Trinajstić information content (AvgIpc) is 2.16. The monoisotopic (exact) mass is 163 g/mol. The van der Waals surface area contributed by atoms with E-state index in [0.717, 1.165) is 6.42 Å². The molecule has 1 aromatic heterocycles. The van der Waals surface area contributed by atoms with Gasteiger partial charge in [-0.1, -0.05) is 26.8 Å². The first kappa shape index (κ1) is 9.24. The van der Waals surface area contributed by atoms with Crippen LogP contribution in [0.3, 0.4) is 0 Å². The van der Waals surface area contributed by atoms with Gasteiger partial charge in [-0.25, -0.2) is 0 Å². The van der Waals surface area contributed by atoms with Crippen molar-refractivity contribution in [1.29, 1.82) is 0 Å². The molecule has 0 aliphatic rings. The molecule has 0 amide bonds. The predicted octanol–water partition coefficient (Wildman–Crippen LogP) is 3.16. The summed E-state index contributed by atoms with van der Waals surface area (Å²) in [5.41, 5.74) is 2.68. The van der Waals surface area contributed by atoms with Gasteiger partial charge < -0.3 is 0 Å². The maximum Gasteiger partial charge on any atom is 0.0463 e. The highest BCUT2D eigenvalue weighted by molar-refractivity contribution is 5.22. The van der Waals surface area contributed by atoms with Gasteiger partial charge in [0, 0.05) is 11.9 Å². The second-order valence-electron chi connectivity index (χ2n) is 3.21. The van der Waals surface area contributed by atoms with Crippen LogP contribution in [0.15, 0.2) is 18.3 Å². The fourth-order valence-electron chi connectivity index (χ4n) is 1.39. The molecule has 0 aliphatic heterocycles. The summed E-state index contributed by atoms with van der Waals surface area (Å²) in [6.07, 6.45) is 4.15. The van der Waals surface area contributed by atoms with Crippen molar-refractivity contribution in [2.45, 2.75) is 39.5 Å². The van der Waals surface area contributed by atoms with E-state index in [1.54, 1.807) is 0 Å². The zero-order valence-electron chi connectivity index (χ0n) is 8.17. The van der Waals surface area contributed by atoms with Gasteiger partial charge in [0.05, 0.1) is 0 Å². The normalized spacial score (nSPS) is 12.9. The summed E-state index contributed by atoms with van der Waals surface area (Å²) in [6.45, 7) is 6.63. The predicted molar refractivity (Wildman–Crippen MR) is 52.3 cm³/mol. The van der Waals surface area contributed by atoms with Crippen molar-refractivity contribution in [3.8, 4) is 0 Å². The third-order valence-electron chi connectivity index (χ3n) is 2.39. The Morgan fingerprint density at radius 3 is 2.75 bits per heavy atom. The van der Waals surface area contributed by atoms with E-state index in [0.29, 0.717) is 5.92 Å². The molecule has 0 fully saturated rings. The van der Waals surface area contributed by atoms with Gasteiger partial charge in [-0.2, -0.15) is 0 Å². The van der Waals surface area contributed by atoms with Gasteiger partial charge in [0.2, 0.25) is 0 Å². The summed E-state index contributed by atoms with van der Waals surface area (Å²) in [5.74, 6) is 0.598. The lowest BCUT2D eigenvalue weighted by Crippen LogP contribution is -2.00. The van der Waals surface area contributed by atoms with Crippen LogP contribution in [0.5, 0.6) is 0 Å². The van der Waals surface area contributed by atoms with E-state index in [4.69, 9.17) is 0 Å². The van der Waals surface area contributed by atoms with Crippen molar-refractivity contribution >= 4 is 0 Å². The highest BCUT2D eigenvalue weighted by Crippen LogP contribution is 2.20. The van der Waals surface area contributed by atoms with Gasteiger partial charge in [-0.15, -0.1) is 0 Å². The number of rotatable bonds is 3. The number of hydrogen-bond acceptors (Lipinski definition) is 1. The number of aryl methyl sites for hydroxylation is 1. The molecule has 0 saturated carbocycles. The van der Waals surface area contributed by atoms with Crippen molar-refractivity contribution in [1.82, 2.24) is 4.98 Å². The molecule has 1 heteroatoms. The molecule has 1 nitrogen and oxygen atoms in total. The Morgan fingerprint density at radius 2 is 2.17 bits per heavy atom. The summed E-state index contributed by atoms with van der Waals surface area (Å²) in [6, 6.07) is 4.19. The largest absolute Gasteiger partial charge is 0.261 e. The standard InChI is InChI=1S/C11H17N/c1-4-9(3)11-10(5-2)7-6-8-12-11/h6-9H,4-5H2,1-3H3. The summed E-state index contributed by atoms with van der Waals surface area (Å²) in [7, 11) is 0. The second-order valence-corrected chi connectivity index (χ2v) is 3.21. The minimum absolute atomic E-state index is 0.598. The van der Waals surface area contributed by atoms with Crippen molar-refractivity contribution < 1.29 is 0 Å². The molecule has 1 rings (SSSR count). The number of nitrogens with zero attached hydrogens (tertiary/aromatic N) is 1. The maximum absolute atomic E-state index is 4.42. The van der Waals surface area contributed by atoms with E-state index in [2.05, 4.69) is 31.8 Å². The van der Waals surface area contributed by atoms with Crippen LogP contribution in [-0.4, -0.2) is 4.98 Å². The Balaban J connectivity index is 2.96. The first-order valence-electron chi connectivity index (χ1n) is 4.73. The van der Waals surface area contributed by atoms with Gasteiger partial charge in [0.1, 0.15) is 0 Å². The molecule has 1 atom stereocenters. The fourth-order valence-corrected chi connectivity index (χ4v) is 1.39. The lowest BCUT2D eigenvalue weighted by atomic mass is 9.98. The van der Waals surface area contributed by atoms with E-state index in [1.807, 2.05) is 12.3 Å². The van der Waals surface area contributed by atoms with E-state index >= 15 is 0 Å². The van der Waals surface area contributed by atoms with Crippen LogP contribution in [0.2, 0.25) is 0 Å². The van der Waals surface area contributed by atoms with Crippen LogP contribution in [0.4, 0.5) is 0 Å². The fraction of sp³-hybridized carbons (Fsp3) is 0.545. The summed E-state index contributed by atoms with van der Waals surface area (Å²) < 4.78 is 0. The van der Waals surface area contributed by atoms with Gasteiger partial charge in [0.15, 0.2) is 0 Å². The summed E-state index contributed by atoms with van der Waals surface area (Å²) in [4.78, 5) is 4.42. The molecule has 0 aliphatic carbocycles. The SMILES string of the molecule is CCc1cccnc1C(C)CC. The summed E-state index contributed by atoms with van der Waals surface area (Å²) >= 11 is 0. The molecule has 0 bridgehead atoms. The van der Waals surface area contributed by atoms with Crippen LogP contribution >= 0.6 is 0 Å². The van der Waals surface area contributed by atoms with E-state index in [1.165, 1.54) is 17.7 Å². The number of aromatic nitrogens is 1. The van der Waals surface area contributed by atoms with Crippen molar-refractivity contribution in [3.63, 3.8) is 0 Å². The molecule has 1 aromatic rings. The summed E-state index contributed by atoms with van der Waals surface area (Å²) in [5, 5.41) is 0. The zero-order valence-corrected chi connectivity index (χ0v) is 8.17. The quantitative estimate of drug-likeness (QED) is 0.667. The Labute approximate surface area is 74.8 Å². The smallest absolute Gasteiger partial charge is 0.0463 e. The molecule has 0 radical (unpaired) electrons. The molecule has 1 heterocycles. The van der Waals surface area contributed by atoms with Crippen molar-refractivity contribution in [3.05, 3.63) is 29.6 Å². The highest BCUT2D eigenvalue weighted by Gasteiger charge is 2.07. The number of hydrogen-bond donors (Lipinski definition) is 0. The van der Waals surface area contributed by atoms with E-state index in [9.17, 15) is 0 Å². The maximum atomic E-state index is 4.42. The van der Waals surface area contributed by atoms with E-state index in [-0.39, 0.29) is 0 Å². The third-order valence-corrected chi connectivity index (χ3v) is 2.39. The van der Waals surface area contributed by atoms with Gasteiger partial charge in [-0.3, -0.25) is 4.98 Å². The lowest BCUT2D eigenvalue weighted by molar-refractivity contribution is 0.696. The van der Waals surface area contributed by atoms with Crippen molar-refractivity contribution in [2.24, 2.45) is 0 Å². The minimum atomic E-state index is 0.598. The first-order chi connectivity index (χ1) is 5.79. The van der Waals surface area contributed by atoms with Crippen LogP contribution in [0.1, 0.15) is 44.4 Å². The molecule has 12 heavy (non-hydrogen) atoms. The minimum Gasteiger partial charge on any atom is -0.261 e. The Morgan fingerprint density at radius 1 is 1.42 bits per heavy atom. The first-order valence-corrected chi connectivity index (χ1v) is 4.73. The topological polar surface area (TPSA) is 12.9 Å². The Hall–Kier alpha value is -0.850. The lowest BCUT2D eigenvalue weighted by Gasteiger charge is -2.11. The Kier molecular flexibility index (Phi) is 3.27. The third kappa shape index (κ3) is 1.84. The van der Waals surface area contributed by atoms with Crippen LogP contribution in [0, 0.1) is 0 Å². The molecule has 1 unspecified atom stereocenters. The molecule has 66 valence electrons. The molecular formula is C11H17N. The Bertz CT molecular complexity index is 243. The molecule has 0 N–H and O–H groups in total. The van der Waals surface area contributed by atoms with Gasteiger partial charge >= 0.3 is 0 Å². The molecular weight excluding hydrogens is 146 g/mol. The molecule has 0 saturated heterocycles. The van der Waals surface area contributed by atoms with Gasteiger partial charge in [-0.05, 0) is 30.4 Å². The van der Waals surface area contributed by atoms with Gasteiger partial charge in [0.25, 0.3) is 0 Å². The number of pyridine rings is 1. The highest BCUT2D eigenvalue weighted by atomic mass is 14.7. The zero-order chi connectivity index (χ0) is 8.97. The van der Waals surface area contributed by atoms with Crippen LogP contribution in [-0.2, 0) is 6.42 Å². The van der Waals surface area contributed by atoms with Crippen molar-refractivity contribution in [2.75, 3.05) is 0 Å². The van der Waals surface area contributed by atoms with Crippen LogP contribution in [0.25, 0.3) is 0 Å².